The number of hydrogen-bond donors (Lipinski definition) is 1. The van der Waals surface area contributed by atoms with Crippen molar-refractivity contribution in [2.75, 3.05) is 32.7 Å². The molecule has 0 bridgehead atoms. The van der Waals surface area contributed by atoms with Gasteiger partial charge in [0.05, 0.1) is 0 Å². The summed E-state index contributed by atoms with van der Waals surface area (Å²) < 4.78 is 13.3. The van der Waals surface area contributed by atoms with Crippen LogP contribution < -0.4 is 5.32 Å². The summed E-state index contributed by atoms with van der Waals surface area (Å²) in [5, 5.41) is 3.37. The zero-order valence-electron chi connectivity index (χ0n) is 10.1. The Balaban J connectivity index is 1.72. The second-order valence-electron chi connectivity index (χ2n) is 5.13. The number of hydrogen-bond acceptors (Lipinski definition) is 2. The van der Waals surface area contributed by atoms with Gasteiger partial charge in [-0.15, -0.1) is 0 Å². The molecule has 0 saturated carbocycles. The van der Waals surface area contributed by atoms with Crippen molar-refractivity contribution in [3.05, 3.63) is 35.1 Å². The molecule has 1 unspecified atom stereocenters. The van der Waals surface area contributed by atoms with Crippen LogP contribution in [0.2, 0.25) is 0 Å². The van der Waals surface area contributed by atoms with Crippen molar-refractivity contribution >= 4 is 0 Å². The maximum absolute atomic E-state index is 13.3. The molecule has 1 N–H and O–H groups in total. The van der Waals surface area contributed by atoms with Crippen LogP contribution in [0.3, 0.4) is 0 Å². The van der Waals surface area contributed by atoms with Crippen LogP contribution in [0.25, 0.3) is 0 Å². The highest BCUT2D eigenvalue weighted by molar-refractivity contribution is 5.35. The molecule has 1 aliphatic carbocycles. The number of rotatable bonds is 2. The SMILES string of the molecule is Fc1ccc2c(c1)C(CN1CCNCC1)CC2. The zero-order chi connectivity index (χ0) is 11.7. The second-order valence-corrected chi connectivity index (χ2v) is 5.13. The lowest BCUT2D eigenvalue weighted by Crippen LogP contribution is -2.44. The number of nitrogens with one attached hydrogen (secondary N) is 1. The van der Waals surface area contributed by atoms with Gasteiger partial charge in [0.25, 0.3) is 0 Å². The van der Waals surface area contributed by atoms with Gasteiger partial charge in [-0.2, -0.15) is 0 Å². The number of piperazine rings is 1. The van der Waals surface area contributed by atoms with Crippen molar-refractivity contribution in [2.24, 2.45) is 0 Å². The van der Waals surface area contributed by atoms with Gasteiger partial charge >= 0.3 is 0 Å². The van der Waals surface area contributed by atoms with E-state index >= 15 is 0 Å². The first-order valence-electron chi connectivity index (χ1n) is 6.54. The summed E-state index contributed by atoms with van der Waals surface area (Å²) in [5.74, 6) is 0.453. The molecule has 1 saturated heterocycles. The molecule has 3 rings (SSSR count). The highest BCUT2D eigenvalue weighted by Crippen LogP contribution is 2.34. The van der Waals surface area contributed by atoms with E-state index in [9.17, 15) is 4.39 Å². The Hall–Kier alpha value is -0.930. The summed E-state index contributed by atoms with van der Waals surface area (Å²) in [4.78, 5) is 2.50. The summed E-state index contributed by atoms with van der Waals surface area (Å²) in [6.45, 7) is 5.52. The molecule has 0 amide bonds. The molecule has 1 aromatic rings. The Morgan fingerprint density at radius 1 is 1.29 bits per heavy atom. The van der Waals surface area contributed by atoms with E-state index in [4.69, 9.17) is 0 Å². The molecule has 1 aromatic carbocycles. The first kappa shape index (κ1) is 11.2. The molecule has 1 heterocycles. The molecule has 1 atom stereocenters. The highest BCUT2D eigenvalue weighted by atomic mass is 19.1. The Labute approximate surface area is 102 Å². The molecule has 2 nitrogen and oxygen atoms in total. The van der Waals surface area contributed by atoms with Crippen molar-refractivity contribution < 1.29 is 4.39 Å². The highest BCUT2D eigenvalue weighted by Gasteiger charge is 2.25. The Morgan fingerprint density at radius 2 is 2.12 bits per heavy atom. The number of benzene rings is 1. The van der Waals surface area contributed by atoms with Crippen LogP contribution in [0.1, 0.15) is 23.5 Å². The summed E-state index contributed by atoms with van der Waals surface area (Å²) in [5.41, 5.74) is 2.61. The maximum Gasteiger partial charge on any atom is 0.123 e. The van der Waals surface area contributed by atoms with Crippen LogP contribution in [-0.2, 0) is 6.42 Å². The summed E-state index contributed by atoms with van der Waals surface area (Å²) in [6.07, 6.45) is 2.30. The molecular formula is C14H19FN2. The fraction of sp³-hybridized carbons (Fsp3) is 0.571. The van der Waals surface area contributed by atoms with Crippen molar-refractivity contribution in [1.29, 1.82) is 0 Å². The molecule has 0 spiro atoms. The average molecular weight is 234 g/mol. The predicted molar refractivity (Wildman–Crippen MR) is 66.8 cm³/mol. The molecule has 1 aliphatic heterocycles. The van der Waals surface area contributed by atoms with Crippen LogP contribution in [0, 0.1) is 5.82 Å². The molecule has 1 fully saturated rings. The molecule has 92 valence electrons. The molecule has 2 aliphatic rings. The predicted octanol–water partition coefficient (Wildman–Crippen LogP) is 1.76. The van der Waals surface area contributed by atoms with E-state index in [1.807, 2.05) is 6.07 Å². The molecular weight excluding hydrogens is 215 g/mol. The van der Waals surface area contributed by atoms with Crippen LogP contribution in [0.4, 0.5) is 4.39 Å². The van der Waals surface area contributed by atoms with Gasteiger partial charge in [-0.1, -0.05) is 6.07 Å². The number of nitrogens with zero attached hydrogens (tertiary/aromatic N) is 1. The third-order valence-electron chi connectivity index (χ3n) is 4.00. The van der Waals surface area contributed by atoms with E-state index in [1.165, 1.54) is 17.5 Å². The lowest BCUT2D eigenvalue weighted by Gasteiger charge is -2.29. The molecule has 0 aromatic heterocycles. The smallest absolute Gasteiger partial charge is 0.123 e. The van der Waals surface area contributed by atoms with Gasteiger partial charge in [0.1, 0.15) is 5.82 Å². The minimum absolute atomic E-state index is 0.0871. The van der Waals surface area contributed by atoms with Gasteiger partial charge in [-0.3, -0.25) is 0 Å². The summed E-state index contributed by atoms with van der Waals surface area (Å²) in [6, 6.07) is 5.30. The van der Waals surface area contributed by atoms with E-state index in [1.54, 1.807) is 12.1 Å². The minimum atomic E-state index is -0.0871. The molecule has 0 radical (unpaired) electrons. The third kappa shape index (κ3) is 2.35. The molecule has 17 heavy (non-hydrogen) atoms. The van der Waals surface area contributed by atoms with Crippen LogP contribution >= 0.6 is 0 Å². The van der Waals surface area contributed by atoms with Gasteiger partial charge in [0.15, 0.2) is 0 Å². The lowest BCUT2D eigenvalue weighted by molar-refractivity contribution is 0.226. The largest absolute Gasteiger partial charge is 0.314 e. The number of aryl methyl sites for hydroxylation is 1. The van der Waals surface area contributed by atoms with Crippen molar-refractivity contribution in [3.8, 4) is 0 Å². The van der Waals surface area contributed by atoms with Crippen LogP contribution in [0.15, 0.2) is 18.2 Å². The first-order valence-corrected chi connectivity index (χ1v) is 6.54. The van der Waals surface area contributed by atoms with E-state index < -0.39 is 0 Å². The van der Waals surface area contributed by atoms with Gasteiger partial charge in [-0.25, -0.2) is 4.39 Å². The fourth-order valence-electron chi connectivity index (χ4n) is 3.05. The standard InChI is InChI=1S/C14H19FN2/c15-13-4-3-11-1-2-12(14(11)9-13)10-17-7-5-16-6-8-17/h3-4,9,12,16H,1-2,5-8,10H2. The Kier molecular flexibility index (Phi) is 3.12. The van der Waals surface area contributed by atoms with Gasteiger partial charge in [-0.05, 0) is 42.0 Å². The number of fused-ring (bicyclic) bond motifs is 1. The normalized spacial score (nSPS) is 24.9. The number of halogens is 1. The second kappa shape index (κ2) is 4.75. The van der Waals surface area contributed by atoms with Gasteiger partial charge in [0.2, 0.25) is 0 Å². The van der Waals surface area contributed by atoms with Crippen molar-refractivity contribution in [3.63, 3.8) is 0 Å². The van der Waals surface area contributed by atoms with E-state index in [-0.39, 0.29) is 5.82 Å². The average Bonchev–Trinajstić information content (AvgIpc) is 2.73. The molecule has 3 heteroatoms. The van der Waals surface area contributed by atoms with Crippen LogP contribution in [0.5, 0.6) is 0 Å². The van der Waals surface area contributed by atoms with E-state index in [0.717, 1.165) is 39.1 Å². The summed E-state index contributed by atoms with van der Waals surface area (Å²) in [7, 11) is 0. The summed E-state index contributed by atoms with van der Waals surface area (Å²) >= 11 is 0. The Bertz CT molecular complexity index is 399. The van der Waals surface area contributed by atoms with E-state index in [0.29, 0.717) is 5.92 Å². The zero-order valence-corrected chi connectivity index (χ0v) is 10.1. The van der Waals surface area contributed by atoms with Crippen molar-refractivity contribution in [2.45, 2.75) is 18.8 Å². The van der Waals surface area contributed by atoms with Gasteiger partial charge < -0.3 is 10.2 Å². The fourth-order valence-corrected chi connectivity index (χ4v) is 3.05. The maximum atomic E-state index is 13.3. The monoisotopic (exact) mass is 234 g/mol. The lowest BCUT2D eigenvalue weighted by atomic mass is 10.0. The van der Waals surface area contributed by atoms with Crippen LogP contribution in [-0.4, -0.2) is 37.6 Å². The quantitative estimate of drug-likeness (QED) is 0.839. The minimum Gasteiger partial charge on any atom is -0.314 e. The first-order chi connectivity index (χ1) is 8.33. The Morgan fingerprint density at radius 3 is 2.94 bits per heavy atom. The van der Waals surface area contributed by atoms with Gasteiger partial charge in [0, 0.05) is 32.7 Å². The topological polar surface area (TPSA) is 15.3 Å². The van der Waals surface area contributed by atoms with Crippen molar-refractivity contribution in [1.82, 2.24) is 10.2 Å². The van der Waals surface area contributed by atoms with E-state index in [2.05, 4.69) is 10.2 Å². The third-order valence-corrected chi connectivity index (χ3v) is 4.00.